The van der Waals surface area contributed by atoms with E-state index < -0.39 is 0 Å². The number of nitrogens with zero attached hydrogens (tertiary/aromatic N) is 2. The van der Waals surface area contributed by atoms with E-state index in [0.717, 1.165) is 5.69 Å². The molecule has 0 amide bonds. The lowest BCUT2D eigenvalue weighted by molar-refractivity contribution is 1.04. The Hall–Kier alpha value is -1.23. The summed E-state index contributed by atoms with van der Waals surface area (Å²) in [7, 11) is 0. The Bertz CT molecular complexity index is 249. The average Bonchev–Trinajstić information content (AvgIpc) is 2.13. The molecule has 0 aliphatic carbocycles. The van der Waals surface area contributed by atoms with E-state index in [-0.39, 0.29) is 18.4 Å². The van der Waals surface area contributed by atoms with E-state index in [4.69, 9.17) is 11.5 Å². The van der Waals surface area contributed by atoms with Crippen LogP contribution >= 0.6 is 12.4 Å². The first-order chi connectivity index (χ1) is 4.68. The number of nitrogens with two attached hydrogens (primary N) is 2. The van der Waals surface area contributed by atoms with Crippen LogP contribution in [0.25, 0.3) is 0 Å². The molecule has 62 valence electrons. The highest BCUT2D eigenvalue weighted by molar-refractivity contribution is 5.85. The van der Waals surface area contributed by atoms with Crippen molar-refractivity contribution in [2.24, 2.45) is 16.5 Å². The molecule has 6 heteroatoms. The lowest BCUT2D eigenvalue weighted by Gasteiger charge is -1.84. The molecular weight excluding hydrogens is 166 g/mol. The number of aromatic nitrogens is 2. The van der Waals surface area contributed by atoms with Crippen LogP contribution in [0.3, 0.4) is 0 Å². The van der Waals surface area contributed by atoms with Crippen LogP contribution < -0.4 is 11.5 Å². The Morgan fingerprint density at radius 3 is 2.64 bits per heavy atom. The van der Waals surface area contributed by atoms with Crippen molar-refractivity contribution in [1.29, 1.82) is 0 Å². The van der Waals surface area contributed by atoms with Crippen molar-refractivity contribution >= 4 is 24.2 Å². The predicted molar refractivity (Wildman–Crippen MR) is 46.0 cm³/mol. The molecule has 0 bridgehead atoms. The van der Waals surface area contributed by atoms with E-state index in [2.05, 4.69) is 15.2 Å². The van der Waals surface area contributed by atoms with Gasteiger partial charge in [0.15, 0.2) is 11.8 Å². The van der Waals surface area contributed by atoms with Crippen LogP contribution in [-0.2, 0) is 0 Å². The Labute approximate surface area is 70.3 Å². The Morgan fingerprint density at radius 1 is 1.64 bits per heavy atom. The highest BCUT2D eigenvalue weighted by atomic mass is 35.5. The van der Waals surface area contributed by atoms with Gasteiger partial charge in [-0.1, -0.05) is 0 Å². The Kier molecular flexibility index (Phi) is 3.39. The normalized spacial score (nSPS) is 8.45. The van der Waals surface area contributed by atoms with Gasteiger partial charge in [0.05, 0.1) is 0 Å². The van der Waals surface area contributed by atoms with Crippen molar-refractivity contribution in [1.82, 2.24) is 10.2 Å². The van der Waals surface area contributed by atoms with E-state index in [0.29, 0.717) is 5.82 Å². The summed E-state index contributed by atoms with van der Waals surface area (Å²) in [4.78, 5) is 3.71. The molecule has 1 rings (SSSR count). The van der Waals surface area contributed by atoms with Gasteiger partial charge in [-0.3, -0.25) is 5.10 Å². The zero-order valence-electron chi connectivity index (χ0n) is 6.03. The van der Waals surface area contributed by atoms with Gasteiger partial charge in [0, 0.05) is 11.8 Å². The standard InChI is InChI=1S/C5H9N5.ClH/c1-3-2-4(10-9-3)8-5(6)7;/h2H,1H3,(H5,6,7,8,9,10);1H. The van der Waals surface area contributed by atoms with Gasteiger partial charge >= 0.3 is 0 Å². The number of nitrogens with one attached hydrogen (secondary N) is 1. The Balaban J connectivity index is 0.000001000. The molecule has 0 spiro atoms. The van der Waals surface area contributed by atoms with Gasteiger partial charge < -0.3 is 11.5 Å². The fraction of sp³-hybridized carbons (Fsp3) is 0.200. The minimum Gasteiger partial charge on any atom is -0.370 e. The summed E-state index contributed by atoms with van der Waals surface area (Å²) in [5.74, 6) is 0.531. The van der Waals surface area contributed by atoms with Crippen molar-refractivity contribution in [3.63, 3.8) is 0 Å². The zero-order valence-corrected chi connectivity index (χ0v) is 6.85. The number of guanidine groups is 1. The molecule has 0 aliphatic rings. The highest BCUT2D eigenvalue weighted by Crippen LogP contribution is 2.06. The fourth-order valence-electron chi connectivity index (χ4n) is 0.593. The van der Waals surface area contributed by atoms with E-state index in [1.807, 2.05) is 6.92 Å². The van der Waals surface area contributed by atoms with E-state index >= 15 is 0 Å². The van der Waals surface area contributed by atoms with Crippen LogP contribution in [0.2, 0.25) is 0 Å². The maximum atomic E-state index is 5.11. The minimum absolute atomic E-state index is 0. The molecule has 5 N–H and O–H groups in total. The summed E-state index contributed by atoms with van der Waals surface area (Å²) in [6.45, 7) is 1.87. The summed E-state index contributed by atoms with van der Waals surface area (Å²) >= 11 is 0. The molecule has 1 aromatic rings. The van der Waals surface area contributed by atoms with Gasteiger partial charge in [0.2, 0.25) is 0 Å². The third-order valence-corrected chi connectivity index (χ3v) is 0.936. The molecule has 0 aromatic carbocycles. The number of halogens is 1. The second-order valence-corrected chi connectivity index (χ2v) is 1.95. The maximum absolute atomic E-state index is 5.11. The van der Waals surface area contributed by atoms with Gasteiger partial charge in [0.25, 0.3) is 0 Å². The van der Waals surface area contributed by atoms with E-state index in [1.54, 1.807) is 6.07 Å². The van der Waals surface area contributed by atoms with E-state index in [9.17, 15) is 0 Å². The van der Waals surface area contributed by atoms with Crippen LogP contribution in [0.5, 0.6) is 0 Å². The number of aryl methyl sites for hydroxylation is 1. The largest absolute Gasteiger partial charge is 0.370 e. The summed E-state index contributed by atoms with van der Waals surface area (Å²) in [5.41, 5.74) is 11.1. The van der Waals surface area contributed by atoms with Crippen LogP contribution in [0.15, 0.2) is 11.1 Å². The molecule has 0 atom stereocenters. The molecule has 0 fully saturated rings. The third kappa shape index (κ3) is 2.90. The summed E-state index contributed by atoms with van der Waals surface area (Å²) in [6.07, 6.45) is 0. The molecule has 0 aliphatic heterocycles. The topological polar surface area (TPSA) is 93.1 Å². The first-order valence-corrected chi connectivity index (χ1v) is 2.80. The summed E-state index contributed by atoms with van der Waals surface area (Å²) < 4.78 is 0. The van der Waals surface area contributed by atoms with Crippen molar-refractivity contribution < 1.29 is 0 Å². The fourth-order valence-corrected chi connectivity index (χ4v) is 0.593. The lowest BCUT2D eigenvalue weighted by atomic mass is 10.5. The number of H-pyrrole nitrogens is 1. The summed E-state index contributed by atoms with van der Waals surface area (Å²) in [5, 5.41) is 6.49. The minimum atomic E-state index is 0. The first-order valence-electron chi connectivity index (χ1n) is 2.80. The summed E-state index contributed by atoms with van der Waals surface area (Å²) in [6, 6.07) is 1.75. The lowest BCUT2D eigenvalue weighted by Crippen LogP contribution is -2.21. The molecule has 0 unspecified atom stereocenters. The molecule has 1 aromatic heterocycles. The SMILES string of the molecule is Cc1cc(N=C(N)N)n[nH]1.Cl. The molecule has 0 saturated heterocycles. The smallest absolute Gasteiger partial charge is 0.192 e. The van der Waals surface area contributed by atoms with Crippen molar-refractivity contribution in [2.75, 3.05) is 0 Å². The van der Waals surface area contributed by atoms with Crippen molar-refractivity contribution in [3.8, 4) is 0 Å². The van der Waals surface area contributed by atoms with Gasteiger partial charge in [-0.05, 0) is 6.92 Å². The number of rotatable bonds is 1. The van der Waals surface area contributed by atoms with Crippen molar-refractivity contribution in [3.05, 3.63) is 11.8 Å². The monoisotopic (exact) mass is 175 g/mol. The highest BCUT2D eigenvalue weighted by Gasteiger charge is 1.92. The van der Waals surface area contributed by atoms with Gasteiger partial charge in [-0.2, -0.15) is 10.1 Å². The second kappa shape index (κ2) is 3.82. The molecule has 5 nitrogen and oxygen atoms in total. The van der Waals surface area contributed by atoms with Gasteiger partial charge in [-0.15, -0.1) is 12.4 Å². The second-order valence-electron chi connectivity index (χ2n) is 1.95. The predicted octanol–water partition coefficient (Wildman–Crippen LogP) is 0.0448. The number of hydrogen-bond acceptors (Lipinski definition) is 2. The first kappa shape index (κ1) is 9.77. The zero-order chi connectivity index (χ0) is 7.56. The number of aromatic amines is 1. The van der Waals surface area contributed by atoms with Crippen LogP contribution in [0.1, 0.15) is 5.69 Å². The van der Waals surface area contributed by atoms with Crippen molar-refractivity contribution in [2.45, 2.75) is 6.92 Å². The van der Waals surface area contributed by atoms with E-state index in [1.165, 1.54) is 0 Å². The maximum Gasteiger partial charge on any atom is 0.192 e. The average molecular weight is 176 g/mol. The molecule has 11 heavy (non-hydrogen) atoms. The number of hydrogen-bond donors (Lipinski definition) is 3. The third-order valence-electron chi connectivity index (χ3n) is 0.936. The molecular formula is C5H10ClN5. The van der Waals surface area contributed by atoms with Crippen LogP contribution in [0.4, 0.5) is 5.82 Å². The van der Waals surface area contributed by atoms with Crippen LogP contribution in [0, 0.1) is 6.92 Å². The van der Waals surface area contributed by atoms with Gasteiger partial charge in [-0.25, -0.2) is 0 Å². The molecule has 1 heterocycles. The van der Waals surface area contributed by atoms with Gasteiger partial charge in [0.1, 0.15) is 0 Å². The van der Waals surface area contributed by atoms with Crippen LogP contribution in [-0.4, -0.2) is 16.2 Å². The number of aliphatic imine (C=N–C) groups is 1. The quantitative estimate of drug-likeness (QED) is 0.416. The molecule has 0 radical (unpaired) electrons. The molecule has 0 saturated carbocycles. The Morgan fingerprint density at radius 2 is 2.27 bits per heavy atom.